The molecule has 1 amide bonds. The Bertz CT molecular complexity index is 430. The number of nitrogens with one attached hydrogen (secondary N) is 1. The molecule has 6 heteroatoms. The van der Waals surface area contributed by atoms with Gasteiger partial charge in [-0.15, -0.1) is 0 Å². The summed E-state index contributed by atoms with van der Waals surface area (Å²) in [7, 11) is 0. The highest BCUT2D eigenvalue weighted by Gasteiger charge is 2.51. The van der Waals surface area contributed by atoms with E-state index in [4.69, 9.17) is 0 Å². The van der Waals surface area contributed by atoms with Gasteiger partial charge in [0.1, 0.15) is 0 Å². The third-order valence-electron chi connectivity index (χ3n) is 5.67. The van der Waals surface area contributed by atoms with E-state index < -0.39 is 0 Å². The summed E-state index contributed by atoms with van der Waals surface area (Å²) in [6.07, 6.45) is 7.63. The molecule has 0 aromatic carbocycles. The maximum absolute atomic E-state index is 12.3. The zero-order valence-electron chi connectivity index (χ0n) is 14.2. The molecule has 0 spiro atoms. The molecule has 0 aromatic rings. The first kappa shape index (κ1) is 17.6. The van der Waals surface area contributed by atoms with Crippen molar-refractivity contribution in [3.63, 3.8) is 0 Å². The van der Waals surface area contributed by atoms with Crippen LogP contribution < -0.4 is 5.32 Å². The maximum atomic E-state index is 12.3. The molecule has 0 unspecified atom stereocenters. The van der Waals surface area contributed by atoms with Gasteiger partial charge in [-0.2, -0.15) is 0 Å². The fraction of sp³-hybridized carbons (Fsp3) is 0.882. The predicted octanol–water partition coefficient (Wildman–Crippen LogP) is 3.91. The summed E-state index contributed by atoms with van der Waals surface area (Å²) in [5.41, 5.74) is 0.0570. The highest BCUT2D eigenvalue weighted by molar-refractivity contribution is 8.37. The lowest BCUT2D eigenvalue weighted by molar-refractivity contribution is -0.124. The molecule has 4 bridgehead atoms. The molecule has 4 nitrogen and oxygen atoms in total. The Labute approximate surface area is 148 Å². The van der Waals surface area contributed by atoms with Gasteiger partial charge >= 0.3 is 0 Å². The van der Waals surface area contributed by atoms with Crippen LogP contribution in [0.3, 0.4) is 0 Å². The van der Waals surface area contributed by atoms with Crippen LogP contribution in [-0.4, -0.2) is 39.0 Å². The van der Waals surface area contributed by atoms with Crippen molar-refractivity contribution in [3.8, 4) is 0 Å². The van der Waals surface area contributed by atoms with Gasteiger partial charge in [0.05, 0.1) is 5.75 Å². The van der Waals surface area contributed by atoms with Crippen LogP contribution in [0.15, 0.2) is 0 Å². The summed E-state index contributed by atoms with van der Waals surface area (Å²) in [5, 5.41) is 3.33. The molecule has 0 aromatic heterocycles. The molecule has 4 saturated carbocycles. The zero-order valence-corrected chi connectivity index (χ0v) is 15.8. The van der Waals surface area contributed by atoms with Crippen LogP contribution in [0.25, 0.3) is 0 Å². The van der Waals surface area contributed by atoms with E-state index in [1.807, 2.05) is 18.2 Å². The van der Waals surface area contributed by atoms with Crippen LogP contribution in [-0.2, 0) is 4.79 Å². The maximum Gasteiger partial charge on any atom is 0.261 e. The molecule has 1 N–H and O–H groups in total. The van der Waals surface area contributed by atoms with E-state index >= 15 is 0 Å². The molecule has 130 valence electrons. The number of hydrogen-bond donors (Lipinski definition) is 1. The average molecular weight is 357 g/mol. The molecule has 4 aliphatic rings. The van der Waals surface area contributed by atoms with Crippen molar-refractivity contribution in [2.75, 3.05) is 18.8 Å². The highest BCUT2D eigenvalue weighted by Crippen LogP contribution is 2.55. The molecule has 23 heavy (non-hydrogen) atoms. The fourth-order valence-electron chi connectivity index (χ4n) is 5.20. The molecule has 4 aliphatic carbocycles. The Morgan fingerprint density at radius 3 is 2.04 bits per heavy atom. The third kappa shape index (κ3) is 4.26. The lowest BCUT2D eigenvalue weighted by Crippen LogP contribution is -2.60. The van der Waals surface area contributed by atoms with Crippen LogP contribution in [0.2, 0.25) is 0 Å². The summed E-state index contributed by atoms with van der Waals surface area (Å²) in [6.45, 7) is 5.75. The number of hydrogen-bond acceptors (Lipinski definition) is 5. The predicted molar refractivity (Wildman–Crippen MR) is 97.4 cm³/mol. The molecular weight excluding hydrogens is 328 g/mol. The lowest BCUT2D eigenvalue weighted by atomic mass is 9.53. The quantitative estimate of drug-likeness (QED) is 0.731. The van der Waals surface area contributed by atoms with Crippen LogP contribution >= 0.6 is 23.7 Å². The van der Waals surface area contributed by atoms with Gasteiger partial charge in [-0.25, -0.2) is 4.31 Å². The molecule has 0 radical (unpaired) electrons. The number of rotatable bonds is 6. The highest BCUT2D eigenvalue weighted by atomic mass is 32.2. The van der Waals surface area contributed by atoms with Crippen molar-refractivity contribution >= 4 is 34.1 Å². The Balaban J connectivity index is 1.45. The van der Waals surface area contributed by atoms with Gasteiger partial charge in [0, 0.05) is 30.6 Å². The van der Waals surface area contributed by atoms with E-state index in [-0.39, 0.29) is 21.6 Å². The lowest BCUT2D eigenvalue weighted by Gasteiger charge is -2.56. The van der Waals surface area contributed by atoms with Gasteiger partial charge in [0.25, 0.3) is 4.45 Å². The van der Waals surface area contributed by atoms with E-state index in [1.165, 1.54) is 50.5 Å². The fourth-order valence-corrected chi connectivity index (χ4v) is 6.70. The molecule has 0 heterocycles. The number of amides is 1. The summed E-state index contributed by atoms with van der Waals surface area (Å²) in [4.78, 5) is 24.3. The first-order valence-electron chi connectivity index (χ1n) is 8.92. The first-order chi connectivity index (χ1) is 11.0. The van der Waals surface area contributed by atoms with Gasteiger partial charge in [-0.05, 0) is 56.3 Å². The largest absolute Gasteiger partial charge is 0.350 e. The Kier molecular flexibility index (Phi) is 5.64. The van der Waals surface area contributed by atoms with E-state index in [2.05, 4.69) is 5.32 Å². The van der Waals surface area contributed by atoms with E-state index in [9.17, 15) is 9.59 Å². The van der Waals surface area contributed by atoms with E-state index in [0.29, 0.717) is 0 Å². The van der Waals surface area contributed by atoms with Crippen molar-refractivity contribution in [1.29, 1.82) is 0 Å². The summed E-state index contributed by atoms with van der Waals surface area (Å²) < 4.78 is 2.03. The van der Waals surface area contributed by atoms with E-state index in [0.717, 1.165) is 42.6 Å². The van der Waals surface area contributed by atoms with Crippen LogP contribution in [0.4, 0.5) is 4.79 Å². The zero-order chi connectivity index (χ0) is 16.4. The van der Waals surface area contributed by atoms with Gasteiger partial charge in [-0.3, -0.25) is 9.59 Å². The van der Waals surface area contributed by atoms with Gasteiger partial charge in [0.15, 0.2) is 0 Å². The molecule has 0 atom stereocenters. The third-order valence-corrected chi connectivity index (χ3v) is 7.82. The number of carbonyl (C=O) groups is 2. The Morgan fingerprint density at radius 2 is 1.57 bits per heavy atom. The number of nitrogens with zero attached hydrogens (tertiary/aromatic N) is 1. The number of carbonyl (C=O) groups excluding carboxylic acids is 2. The first-order valence-corrected chi connectivity index (χ1v) is 10.7. The minimum atomic E-state index is 0.0226. The van der Waals surface area contributed by atoms with E-state index in [1.54, 1.807) is 0 Å². The van der Waals surface area contributed by atoms with Gasteiger partial charge in [-0.1, -0.05) is 25.6 Å². The van der Waals surface area contributed by atoms with Crippen LogP contribution in [0.1, 0.15) is 52.4 Å². The van der Waals surface area contributed by atoms with Crippen molar-refractivity contribution < 1.29 is 9.59 Å². The summed E-state index contributed by atoms with van der Waals surface area (Å²) >= 11 is 2.38. The van der Waals surface area contributed by atoms with Crippen LogP contribution in [0, 0.1) is 17.8 Å². The summed E-state index contributed by atoms with van der Waals surface area (Å²) in [5.74, 6) is 2.79. The Hall–Kier alpha value is -0.200. The minimum Gasteiger partial charge on any atom is -0.350 e. The Morgan fingerprint density at radius 1 is 1.04 bits per heavy atom. The molecule has 4 fully saturated rings. The second-order valence-electron chi connectivity index (χ2n) is 7.49. The second kappa shape index (κ2) is 7.36. The van der Waals surface area contributed by atoms with Gasteiger partial charge in [0.2, 0.25) is 5.91 Å². The summed E-state index contributed by atoms with van der Waals surface area (Å²) in [6, 6.07) is 0. The smallest absolute Gasteiger partial charge is 0.261 e. The van der Waals surface area contributed by atoms with Crippen molar-refractivity contribution in [2.45, 2.75) is 57.9 Å². The molecule has 0 aliphatic heterocycles. The van der Waals surface area contributed by atoms with Crippen molar-refractivity contribution in [3.05, 3.63) is 0 Å². The molecular formula is C17H28N2O2S2. The molecule has 4 rings (SSSR count). The monoisotopic (exact) mass is 356 g/mol. The SMILES string of the molecule is CCN(CC)SC(=O)SCC(=O)NC12CC3CC(CC(C3)C1)C2. The van der Waals surface area contributed by atoms with Crippen molar-refractivity contribution in [2.24, 2.45) is 17.8 Å². The standard InChI is InChI=1S/C17H28N2O2S2/c1-3-19(4-2)23-16(21)22-11-15(20)18-17-8-12-5-13(9-17)7-14(6-12)10-17/h12-14H,3-11H2,1-2H3,(H,18,20). The topological polar surface area (TPSA) is 49.4 Å². The normalized spacial score (nSPS) is 34.8. The molecule has 0 saturated heterocycles. The average Bonchev–Trinajstić information content (AvgIpc) is 2.48. The van der Waals surface area contributed by atoms with Gasteiger partial charge < -0.3 is 5.32 Å². The van der Waals surface area contributed by atoms with Crippen LogP contribution in [0.5, 0.6) is 0 Å². The second-order valence-corrected chi connectivity index (χ2v) is 9.77. The van der Waals surface area contributed by atoms with Crippen molar-refractivity contribution in [1.82, 2.24) is 9.62 Å². The minimum absolute atomic E-state index is 0.0226. The number of thioether (sulfide) groups is 1.